The molecule has 0 aliphatic rings. The number of rotatable bonds is 7. The molecule has 0 bridgehead atoms. The third-order valence-corrected chi connectivity index (χ3v) is 6.72. The second-order valence-corrected chi connectivity index (χ2v) is 8.89. The lowest BCUT2D eigenvalue weighted by Gasteiger charge is -2.05. The molecule has 1 aromatic carbocycles. The van der Waals surface area contributed by atoms with Crippen LogP contribution in [-0.2, 0) is 23.1 Å². The summed E-state index contributed by atoms with van der Waals surface area (Å²) in [5, 5.41) is 6.71. The molecular weight excluding hydrogens is 378 g/mol. The number of thiophene rings is 1. The topological polar surface area (TPSA) is 64.0 Å². The standard InChI is InChI=1S/C17H18ClN3O2S2/c1-2-8-21-16(6-7-19-21)14-10-17(24-12-14)25(22,23)20-11-13-4-3-5-15(18)9-13/h3-7,9-10,12,20H,2,8,11H2,1H3. The zero-order valence-electron chi connectivity index (χ0n) is 13.6. The molecular formula is C17H18ClN3O2S2. The van der Waals surface area contributed by atoms with Gasteiger partial charge >= 0.3 is 0 Å². The highest BCUT2D eigenvalue weighted by molar-refractivity contribution is 7.91. The number of nitrogens with zero attached hydrogens (tertiary/aromatic N) is 2. The van der Waals surface area contributed by atoms with Gasteiger partial charge in [-0.25, -0.2) is 13.1 Å². The lowest BCUT2D eigenvalue weighted by Crippen LogP contribution is -2.22. The average molecular weight is 396 g/mol. The van der Waals surface area contributed by atoms with E-state index in [1.165, 1.54) is 11.3 Å². The fourth-order valence-electron chi connectivity index (χ4n) is 2.46. The van der Waals surface area contributed by atoms with Crippen LogP contribution in [0.1, 0.15) is 18.9 Å². The summed E-state index contributed by atoms with van der Waals surface area (Å²) in [6, 6.07) is 10.7. The van der Waals surface area contributed by atoms with E-state index in [0.29, 0.717) is 5.02 Å². The van der Waals surface area contributed by atoms with Crippen LogP contribution in [0.5, 0.6) is 0 Å². The van der Waals surface area contributed by atoms with Crippen molar-refractivity contribution in [2.75, 3.05) is 0 Å². The van der Waals surface area contributed by atoms with Gasteiger partial charge in [-0.2, -0.15) is 5.10 Å². The lowest BCUT2D eigenvalue weighted by molar-refractivity contribution is 0.583. The van der Waals surface area contributed by atoms with Gasteiger partial charge in [0.25, 0.3) is 0 Å². The van der Waals surface area contributed by atoms with Gasteiger partial charge in [0, 0.05) is 35.3 Å². The number of benzene rings is 1. The van der Waals surface area contributed by atoms with Crippen molar-refractivity contribution in [3.8, 4) is 11.3 Å². The summed E-state index contributed by atoms with van der Waals surface area (Å²) in [5.74, 6) is 0. The molecule has 0 amide bonds. The summed E-state index contributed by atoms with van der Waals surface area (Å²) in [6.07, 6.45) is 2.69. The number of hydrogen-bond donors (Lipinski definition) is 1. The van der Waals surface area contributed by atoms with Crippen molar-refractivity contribution >= 4 is 33.0 Å². The van der Waals surface area contributed by atoms with Gasteiger partial charge < -0.3 is 0 Å². The molecule has 0 atom stereocenters. The van der Waals surface area contributed by atoms with Crippen molar-refractivity contribution in [1.29, 1.82) is 0 Å². The fourth-order valence-corrected chi connectivity index (χ4v) is 4.90. The predicted octanol–water partition coefficient (Wildman–Crippen LogP) is 4.15. The van der Waals surface area contributed by atoms with Crippen LogP contribution in [0.15, 0.2) is 52.2 Å². The minimum atomic E-state index is -3.57. The molecule has 0 aliphatic heterocycles. The highest BCUT2D eigenvalue weighted by Gasteiger charge is 2.18. The largest absolute Gasteiger partial charge is 0.265 e. The Bertz CT molecular complexity index is 964. The van der Waals surface area contributed by atoms with Crippen LogP contribution in [0.25, 0.3) is 11.3 Å². The first kappa shape index (κ1) is 18.1. The first-order valence-electron chi connectivity index (χ1n) is 7.84. The summed E-state index contributed by atoms with van der Waals surface area (Å²) in [6.45, 7) is 3.08. The molecule has 25 heavy (non-hydrogen) atoms. The summed E-state index contributed by atoms with van der Waals surface area (Å²) in [5.41, 5.74) is 2.60. The van der Waals surface area contributed by atoms with Crippen LogP contribution in [-0.4, -0.2) is 18.2 Å². The van der Waals surface area contributed by atoms with Gasteiger partial charge in [0.2, 0.25) is 10.0 Å². The van der Waals surface area contributed by atoms with Gasteiger partial charge in [-0.1, -0.05) is 30.7 Å². The van der Waals surface area contributed by atoms with Crippen molar-refractivity contribution in [3.05, 3.63) is 58.6 Å². The molecule has 2 heterocycles. The van der Waals surface area contributed by atoms with Gasteiger partial charge in [-0.3, -0.25) is 4.68 Å². The van der Waals surface area contributed by atoms with E-state index in [0.717, 1.165) is 29.8 Å². The van der Waals surface area contributed by atoms with Gasteiger partial charge in [0.05, 0.1) is 5.69 Å². The van der Waals surface area contributed by atoms with Crippen LogP contribution in [0.2, 0.25) is 5.02 Å². The van der Waals surface area contributed by atoms with Gasteiger partial charge in [0.15, 0.2) is 0 Å². The maximum absolute atomic E-state index is 12.5. The highest BCUT2D eigenvalue weighted by Crippen LogP contribution is 2.28. The molecule has 0 radical (unpaired) electrons. The zero-order chi connectivity index (χ0) is 17.9. The second kappa shape index (κ2) is 7.70. The quantitative estimate of drug-likeness (QED) is 0.653. The smallest absolute Gasteiger partial charge is 0.250 e. The predicted molar refractivity (Wildman–Crippen MR) is 101 cm³/mol. The second-order valence-electron chi connectivity index (χ2n) is 5.55. The summed E-state index contributed by atoms with van der Waals surface area (Å²) >= 11 is 7.13. The molecule has 5 nitrogen and oxygen atoms in total. The van der Waals surface area contributed by atoms with Crippen LogP contribution in [0.3, 0.4) is 0 Å². The SMILES string of the molecule is CCCn1nccc1-c1csc(S(=O)(=O)NCc2cccc(Cl)c2)c1. The minimum absolute atomic E-state index is 0.198. The Kier molecular flexibility index (Phi) is 5.58. The highest BCUT2D eigenvalue weighted by atomic mass is 35.5. The number of halogens is 1. The van der Waals surface area contributed by atoms with Crippen molar-refractivity contribution in [2.24, 2.45) is 0 Å². The van der Waals surface area contributed by atoms with Crippen LogP contribution >= 0.6 is 22.9 Å². The maximum atomic E-state index is 12.5. The Labute approximate surface area is 156 Å². The molecule has 3 aromatic rings. The van der Waals surface area contributed by atoms with E-state index in [2.05, 4.69) is 16.7 Å². The molecule has 0 unspecified atom stereocenters. The van der Waals surface area contributed by atoms with E-state index < -0.39 is 10.0 Å². The Hall–Kier alpha value is -1.67. The zero-order valence-corrected chi connectivity index (χ0v) is 16.0. The third kappa shape index (κ3) is 4.30. The van der Waals surface area contributed by atoms with E-state index in [1.54, 1.807) is 30.5 Å². The Balaban J connectivity index is 1.77. The minimum Gasteiger partial charge on any atom is -0.265 e. The average Bonchev–Trinajstić information content (AvgIpc) is 3.22. The first-order chi connectivity index (χ1) is 12.0. The summed E-state index contributed by atoms with van der Waals surface area (Å²) < 4.78 is 29.8. The van der Waals surface area contributed by atoms with Gasteiger partial charge in [-0.05, 0) is 36.2 Å². The number of aromatic nitrogens is 2. The van der Waals surface area contributed by atoms with Crippen LogP contribution in [0.4, 0.5) is 0 Å². The molecule has 0 aliphatic carbocycles. The number of aryl methyl sites for hydroxylation is 1. The van der Waals surface area contributed by atoms with Crippen molar-refractivity contribution in [2.45, 2.75) is 30.6 Å². The molecule has 0 saturated heterocycles. The van der Waals surface area contributed by atoms with E-state index in [1.807, 2.05) is 22.2 Å². The van der Waals surface area contributed by atoms with Crippen LogP contribution in [0, 0.1) is 0 Å². The van der Waals surface area contributed by atoms with Gasteiger partial charge in [0.1, 0.15) is 4.21 Å². The number of nitrogens with one attached hydrogen (secondary N) is 1. The number of hydrogen-bond acceptors (Lipinski definition) is 4. The Morgan fingerprint density at radius 2 is 2.12 bits per heavy atom. The summed E-state index contributed by atoms with van der Waals surface area (Å²) in [4.78, 5) is 0. The van der Waals surface area contributed by atoms with E-state index in [-0.39, 0.29) is 10.8 Å². The molecule has 0 fully saturated rings. The van der Waals surface area contributed by atoms with Gasteiger partial charge in [-0.15, -0.1) is 11.3 Å². The Morgan fingerprint density at radius 1 is 1.28 bits per heavy atom. The first-order valence-corrected chi connectivity index (χ1v) is 10.6. The third-order valence-electron chi connectivity index (χ3n) is 3.64. The Morgan fingerprint density at radius 3 is 2.88 bits per heavy atom. The monoisotopic (exact) mass is 395 g/mol. The molecule has 8 heteroatoms. The van der Waals surface area contributed by atoms with E-state index in [4.69, 9.17) is 11.6 Å². The molecule has 1 N–H and O–H groups in total. The van der Waals surface area contributed by atoms with E-state index >= 15 is 0 Å². The molecule has 132 valence electrons. The van der Waals surface area contributed by atoms with Crippen molar-refractivity contribution in [3.63, 3.8) is 0 Å². The van der Waals surface area contributed by atoms with Crippen LogP contribution < -0.4 is 4.72 Å². The summed E-state index contributed by atoms with van der Waals surface area (Å²) in [7, 11) is -3.57. The van der Waals surface area contributed by atoms with E-state index in [9.17, 15) is 8.42 Å². The lowest BCUT2D eigenvalue weighted by atomic mass is 10.2. The fraction of sp³-hybridized carbons (Fsp3) is 0.235. The molecule has 0 spiro atoms. The number of sulfonamides is 1. The van der Waals surface area contributed by atoms with Crippen molar-refractivity contribution < 1.29 is 8.42 Å². The normalized spacial score (nSPS) is 11.8. The molecule has 3 rings (SSSR count). The maximum Gasteiger partial charge on any atom is 0.250 e. The molecule has 0 saturated carbocycles. The van der Waals surface area contributed by atoms with Crippen molar-refractivity contribution in [1.82, 2.24) is 14.5 Å². The molecule has 2 aromatic heterocycles.